The van der Waals surface area contributed by atoms with E-state index in [0.29, 0.717) is 51.4 Å². The van der Waals surface area contributed by atoms with Crippen molar-refractivity contribution < 1.29 is 43.3 Å². The Balaban J connectivity index is 5.29. The smallest absolute Gasteiger partial charge is 0.305 e. The number of terminal acetylenes is 3. The molecule has 10 heteroatoms. The number of carboxylic acids is 1. The van der Waals surface area contributed by atoms with Crippen molar-refractivity contribution in [2.24, 2.45) is 0 Å². The quantitative estimate of drug-likeness (QED) is 0.0572. The zero-order chi connectivity index (χ0) is 32.9. The summed E-state index contributed by atoms with van der Waals surface area (Å²) in [5.41, 5.74) is -1.50. The highest BCUT2D eigenvalue weighted by atomic mass is 16.6. The fraction of sp³-hybridized carbons (Fsp3) is 0.676. The molecule has 244 valence electrons. The van der Waals surface area contributed by atoms with Gasteiger partial charge in [-0.25, -0.2) is 0 Å². The topological polar surface area (TPSA) is 145 Å². The van der Waals surface area contributed by atoms with Crippen LogP contribution in [0.25, 0.3) is 0 Å². The second-order valence-electron chi connectivity index (χ2n) is 10.7. The number of hydrogen-bond donors (Lipinski definition) is 2. The van der Waals surface area contributed by atoms with E-state index in [0.717, 1.165) is 38.5 Å². The Kier molecular flexibility index (Phi) is 24.2. The first kappa shape index (κ1) is 40.0. The van der Waals surface area contributed by atoms with Crippen LogP contribution >= 0.6 is 0 Å². The predicted molar refractivity (Wildman–Crippen MR) is 166 cm³/mol. The maximum Gasteiger partial charge on any atom is 0.305 e. The lowest BCUT2D eigenvalue weighted by Gasteiger charge is -2.33. The number of unbranched alkanes of at least 4 members (excludes halogenated alkanes) is 10. The van der Waals surface area contributed by atoms with E-state index in [2.05, 4.69) is 23.1 Å². The van der Waals surface area contributed by atoms with Crippen LogP contribution in [0.3, 0.4) is 0 Å². The first-order valence-corrected chi connectivity index (χ1v) is 15.5. The summed E-state index contributed by atoms with van der Waals surface area (Å²) in [6.07, 6.45) is 25.6. The van der Waals surface area contributed by atoms with Crippen molar-refractivity contribution in [3.8, 4) is 37.0 Å². The molecule has 0 saturated carbocycles. The summed E-state index contributed by atoms with van der Waals surface area (Å²) in [6.45, 7) is -1.15. The Labute approximate surface area is 262 Å². The third-order valence-electron chi connectivity index (χ3n) is 6.58. The molecule has 0 aromatic carbocycles. The molecule has 1 amide bonds. The second kappa shape index (κ2) is 26.6. The molecule has 0 radical (unpaired) electrons. The molecule has 0 saturated heterocycles. The first-order valence-electron chi connectivity index (χ1n) is 15.5. The van der Waals surface area contributed by atoms with Crippen LogP contribution in [0.5, 0.6) is 0 Å². The van der Waals surface area contributed by atoms with Crippen molar-refractivity contribution in [1.82, 2.24) is 5.32 Å². The minimum absolute atomic E-state index is 0.0610. The highest BCUT2D eigenvalue weighted by Gasteiger charge is 2.37. The third-order valence-corrected chi connectivity index (χ3v) is 6.58. The lowest BCUT2D eigenvalue weighted by atomic mass is 10.0. The maximum absolute atomic E-state index is 13.0. The molecule has 2 N–H and O–H groups in total. The minimum Gasteiger partial charge on any atom is -0.481 e. The Morgan fingerprint density at radius 2 is 0.864 bits per heavy atom. The van der Waals surface area contributed by atoms with Crippen LogP contribution in [0.4, 0.5) is 0 Å². The van der Waals surface area contributed by atoms with Crippen LogP contribution in [0, 0.1) is 37.0 Å². The Bertz CT molecular complexity index is 911. The molecule has 0 aliphatic heterocycles. The number of carbonyl (C=O) groups excluding carboxylic acids is 4. The molecular formula is C34H49NO9. The molecular weight excluding hydrogens is 566 g/mol. The zero-order valence-corrected chi connectivity index (χ0v) is 26.0. The average molecular weight is 616 g/mol. The normalized spacial score (nSPS) is 10.5. The standard InChI is InChI=1S/C34H49NO9/c1-4-7-16-23-31(39)42-26-34(27-43-32(40)24-17-8-5-2,28-44-33(41)25-18-9-6-3)35-29(36)21-19-14-12-10-11-13-15-20-22-30(37)38/h1-3H,7-28H2,(H,35,36)(H,37,38). The third kappa shape index (κ3) is 23.6. The molecule has 10 nitrogen and oxygen atoms in total. The van der Waals surface area contributed by atoms with E-state index < -0.39 is 29.4 Å². The first-order chi connectivity index (χ1) is 21.2. The number of amides is 1. The lowest BCUT2D eigenvalue weighted by Crippen LogP contribution is -2.59. The van der Waals surface area contributed by atoms with Gasteiger partial charge in [0.2, 0.25) is 5.91 Å². The molecule has 0 aromatic rings. The average Bonchev–Trinajstić information content (AvgIpc) is 2.99. The van der Waals surface area contributed by atoms with Gasteiger partial charge >= 0.3 is 23.9 Å². The Morgan fingerprint density at radius 3 is 1.20 bits per heavy atom. The fourth-order valence-corrected chi connectivity index (χ4v) is 4.09. The molecule has 0 aliphatic rings. The van der Waals surface area contributed by atoms with Crippen LogP contribution in [-0.4, -0.2) is 60.3 Å². The number of esters is 3. The summed E-state index contributed by atoms with van der Waals surface area (Å²) >= 11 is 0. The van der Waals surface area contributed by atoms with E-state index in [9.17, 15) is 24.0 Å². The molecule has 0 unspecified atom stereocenters. The van der Waals surface area contributed by atoms with Gasteiger partial charge in [-0.1, -0.05) is 38.5 Å². The van der Waals surface area contributed by atoms with E-state index >= 15 is 0 Å². The van der Waals surface area contributed by atoms with Crippen molar-refractivity contribution in [2.75, 3.05) is 19.8 Å². The van der Waals surface area contributed by atoms with E-state index in [1.54, 1.807) is 0 Å². The molecule has 0 heterocycles. The summed E-state index contributed by atoms with van der Waals surface area (Å²) < 4.78 is 16.3. The van der Waals surface area contributed by atoms with Gasteiger partial charge in [-0.2, -0.15) is 0 Å². The molecule has 0 spiro atoms. The number of aliphatic carboxylic acids is 1. The SMILES string of the molecule is C#CCCCC(=O)OCC(COC(=O)CCCC#C)(COC(=O)CCCC#C)NC(=O)CCCCCCCCCCC(=O)O. The van der Waals surface area contributed by atoms with Gasteiger partial charge < -0.3 is 24.6 Å². The van der Waals surface area contributed by atoms with Crippen LogP contribution in [0.1, 0.15) is 122 Å². The minimum atomic E-state index is -1.50. The van der Waals surface area contributed by atoms with E-state index in [-0.39, 0.29) is 57.8 Å². The van der Waals surface area contributed by atoms with Gasteiger partial charge in [-0.3, -0.25) is 24.0 Å². The summed E-state index contributed by atoms with van der Waals surface area (Å²) in [6, 6.07) is 0. The molecule has 0 fully saturated rings. The van der Waals surface area contributed by atoms with Crippen LogP contribution in [0.2, 0.25) is 0 Å². The van der Waals surface area contributed by atoms with Gasteiger partial charge in [0.15, 0.2) is 0 Å². The van der Waals surface area contributed by atoms with Gasteiger partial charge in [0.25, 0.3) is 0 Å². The van der Waals surface area contributed by atoms with Crippen LogP contribution in [-0.2, 0) is 38.2 Å². The fourth-order valence-electron chi connectivity index (χ4n) is 4.09. The summed E-state index contributed by atoms with van der Waals surface area (Å²) in [7, 11) is 0. The summed E-state index contributed by atoms with van der Waals surface area (Å²) in [5.74, 6) is 4.55. The zero-order valence-electron chi connectivity index (χ0n) is 26.0. The van der Waals surface area contributed by atoms with Crippen molar-refractivity contribution in [1.29, 1.82) is 0 Å². The monoisotopic (exact) mass is 615 g/mol. The van der Waals surface area contributed by atoms with Gasteiger partial charge in [-0.05, 0) is 32.1 Å². The summed E-state index contributed by atoms with van der Waals surface area (Å²) in [5, 5.41) is 11.5. The van der Waals surface area contributed by atoms with E-state index in [1.165, 1.54) is 0 Å². The van der Waals surface area contributed by atoms with Crippen LogP contribution < -0.4 is 5.32 Å². The molecule has 44 heavy (non-hydrogen) atoms. The van der Waals surface area contributed by atoms with E-state index in [4.69, 9.17) is 38.6 Å². The molecule has 0 aliphatic carbocycles. The van der Waals surface area contributed by atoms with Crippen molar-refractivity contribution in [3.63, 3.8) is 0 Å². The number of carbonyl (C=O) groups is 5. The van der Waals surface area contributed by atoms with Crippen LogP contribution in [0.15, 0.2) is 0 Å². The van der Waals surface area contributed by atoms with Crippen molar-refractivity contribution >= 4 is 29.8 Å². The number of carboxylic acid groups (broad SMARTS) is 1. The van der Waals surface area contributed by atoms with Crippen molar-refractivity contribution in [2.45, 2.75) is 128 Å². The predicted octanol–water partition coefficient (Wildman–Crippen LogP) is 4.87. The largest absolute Gasteiger partial charge is 0.481 e. The number of ether oxygens (including phenoxy) is 3. The Morgan fingerprint density at radius 1 is 0.523 bits per heavy atom. The molecule has 0 bridgehead atoms. The van der Waals surface area contributed by atoms with E-state index in [1.807, 2.05) is 0 Å². The summed E-state index contributed by atoms with van der Waals surface area (Å²) in [4.78, 5) is 60.8. The molecule has 0 rings (SSSR count). The number of nitrogens with one attached hydrogen (secondary N) is 1. The lowest BCUT2D eigenvalue weighted by molar-refractivity contribution is -0.159. The van der Waals surface area contributed by atoms with Gasteiger partial charge in [0.1, 0.15) is 25.4 Å². The highest BCUT2D eigenvalue weighted by Crippen LogP contribution is 2.15. The maximum atomic E-state index is 13.0. The van der Waals surface area contributed by atoms with Gasteiger partial charge in [0, 0.05) is 51.4 Å². The van der Waals surface area contributed by atoms with Gasteiger partial charge in [0.05, 0.1) is 0 Å². The molecule has 0 aromatic heterocycles. The highest BCUT2D eigenvalue weighted by molar-refractivity contribution is 5.77. The number of rotatable bonds is 27. The van der Waals surface area contributed by atoms with Crippen molar-refractivity contribution in [3.05, 3.63) is 0 Å². The van der Waals surface area contributed by atoms with Gasteiger partial charge in [-0.15, -0.1) is 37.0 Å². The number of hydrogen-bond acceptors (Lipinski definition) is 8. The molecule has 0 atom stereocenters. The Hall–Kier alpha value is -3.97. The second-order valence-corrected chi connectivity index (χ2v) is 10.7.